The molecule has 8 heteroatoms. The fourth-order valence-electron chi connectivity index (χ4n) is 2.71. The minimum atomic E-state index is -4.39. The smallest absolute Gasteiger partial charge is 0.416 e. The molecule has 1 aliphatic heterocycles. The molecule has 0 N–H and O–H groups in total. The summed E-state index contributed by atoms with van der Waals surface area (Å²) >= 11 is 0. The molecule has 1 fully saturated rings. The van der Waals surface area contributed by atoms with Crippen LogP contribution in [0, 0.1) is 0 Å². The molecule has 28 heavy (non-hydrogen) atoms. The average molecular weight is 395 g/mol. The Morgan fingerprint density at radius 2 is 1.61 bits per heavy atom. The van der Waals surface area contributed by atoms with Crippen LogP contribution in [0.3, 0.4) is 0 Å². The van der Waals surface area contributed by atoms with E-state index < -0.39 is 17.8 Å². The van der Waals surface area contributed by atoms with Gasteiger partial charge in [0.05, 0.1) is 18.2 Å². The van der Waals surface area contributed by atoms with Crippen LogP contribution in [0.15, 0.2) is 48.5 Å². The molecule has 0 spiro atoms. The van der Waals surface area contributed by atoms with Gasteiger partial charge in [-0.1, -0.05) is 0 Å². The number of benzene rings is 2. The van der Waals surface area contributed by atoms with Crippen molar-refractivity contribution in [3.8, 4) is 17.2 Å². The van der Waals surface area contributed by atoms with Crippen LogP contribution < -0.4 is 9.47 Å². The van der Waals surface area contributed by atoms with Gasteiger partial charge in [-0.15, -0.1) is 0 Å². The molecule has 1 heterocycles. The molecule has 2 atom stereocenters. The molecule has 2 aromatic carbocycles. The van der Waals surface area contributed by atoms with E-state index in [0.717, 1.165) is 18.6 Å². The predicted molar refractivity (Wildman–Crippen MR) is 94.9 cm³/mol. The number of carbonyl (C=O) groups excluding carboxylic acids is 1. The van der Waals surface area contributed by atoms with Gasteiger partial charge in [0, 0.05) is 0 Å². The molecule has 2 unspecified atom stereocenters. The Bertz CT molecular complexity index is 806. The van der Waals surface area contributed by atoms with E-state index in [9.17, 15) is 18.0 Å². The molecule has 0 bridgehead atoms. The van der Waals surface area contributed by atoms with E-state index in [1.165, 1.54) is 17.2 Å². The number of hydrogen-bond acceptors (Lipinski definition) is 4. The van der Waals surface area contributed by atoms with Gasteiger partial charge in [0.15, 0.2) is 6.10 Å². The Labute approximate surface area is 160 Å². The second kappa shape index (κ2) is 8.10. The van der Waals surface area contributed by atoms with E-state index in [1.807, 2.05) is 6.92 Å². The fraction of sp³-hybridized carbons (Fsp3) is 0.350. The first-order valence-electron chi connectivity index (χ1n) is 8.82. The normalized spacial score (nSPS) is 18.0. The van der Waals surface area contributed by atoms with Crippen molar-refractivity contribution >= 4 is 5.91 Å². The number of nitrogens with zero attached hydrogens (tertiary/aromatic N) is 1. The van der Waals surface area contributed by atoms with E-state index in [2.05, 4.69) is 0 Å². The highest BCUT2D eigenvalue weighted by Gasteiger charge is 2.31. The molecule has 0 radical (unpaired) electrons. The molecule has 2 aromatic rings. The third kappa shape index (κ3) is 4.75. The zero-order chi connectivity index (χ0) is 20.3. The number of hydroxylamine groups is 2. The summed E-state index contributed by atoms with van der Waals surface area (Å²) in [7, 11) is 0. The van der Waals surface area contributed by atoms with Gasteiger partial charge in [-0.25, -0.2) is 5.06 Å². The van der Waals surface area contributed by atoms with Crippen molar-refractivity contribution < 1.29 is 32.3 Å². The zero-order valence-electron chi connectivity index (χ0n) is 15.4. The van der Waals surface area contributed by atoms with Crippen molar-refractivity contribution in [2.75, 3.05) is 6.61 Å². The van der Waals surface area contributed by atoms with Gasteiger partial charge in [0.2, 0.25) is 0 Å². The average Bonchev–Trinajstić information content (AvgIpc) is 3.08. The van der Waals surface area contributed by atoms with Gasteiger partial charge in [-0.05, 0) is 68.8 Å². The number of ether oxygens (including phenoxy) is 2. The number of halogens is 3. The highest BCUT2D eigenvalue weighted by molar-refractivity contribution is 5.80. The second-order valence-corrected chi connectivity index (χ2v) is 6.49. The van der Waals surface area contributed by atoms with Crippen molar-refractivity contribution in [1.82, 2.24) is 5.06 Å². The van der Waals surface area contributed by atoms with Crippen molar-refractivity contribution in [2.24, 2.45) is 0 Å². The maximum Gasteiger partial charge on any atom is 0.416 e. The van der Waals surface area contributed by atoms with E-state index in [4.69, 9.17) is 14.3 Å². The monoisotopic (exact) mass is 395 g/mol. The molecule has 0 aromatic heterocycles. The van der Waals surface area contributed by atoms with E-state index >= 15 is 0 Å². The summed E-state index contributed by atoms with van der Waals surface area (Å²) in [6, 6.07) is 10.9. The Morgan fingerprint density at radius 3 is 2.11 bits per heavy atom. The Hall–Kier alpha value is -2.74. The van der Waals surface area contributed by atoms with Gasteiger partial charge >= 0.3 is 6.18 Å². The summed E-state index contributed by atoms with van der Waals surface area (Å²) in [6.45, 7) is 4.06. The van der Waals surface area contributed by atoms with Crippen LogP contribution >= 0.6 is 0 Å². The molecule has 1 aliphatic rings. The van der Waals surface area contributed by atoms with Crippen LogP contribution in [0.1, 0.15) is 25.8 Å². The lowest BCUT2D eigenvalue weighted by molar-refractivity contribution is -0.182. The van der Waals surface area contributed by atoms with Crippen LogP contribution in [0.25, 0.3) is 0 Å². The Kier molecular flexibility index (Phi) is 5.79. The van der Waals surface area contributed by atoms with Gasteiger partial charge in [-0.3, -0.25) is 9.63 Å². The molecule has 1 saturated heterocycles. The predicted octanol–water partition coefficient (Wildman–Crippen LogP) is 4.82. The lowest BCUT2D eigenvalue weighted by atomic mass is 10.2. The maximum absolute atomic E-state index is 12.6. The minimum Gasteiger partial charge on any atom is -0.481 e. The van der Waals surface area contributed by atoms with Crippen LogP contribution in [0.2, 0.25) is 0 Å². The van der Waals surface area contributed by atoms with Gasteiger partial charge < -0.3 is 9.47 Å². The molecular formula is C20H20F3NO4. The van der Waals surface area contributed by atoms with Crippen LogP contribution in [0.4, 0.5) is 13.2 Å². The minimum absolute atomic E-state index is 0.0121. The molecule has 150 valence electrons. The quantitative estimate of drug-likeness (QED) is 0.729. The first-order chi connectivity index (χ1) is 13.2. The second-order valence-electron chi connectivity index (χ2n) is 6.49. The van der Waals surface area contributed by atoms with Gasteiger partial charge in [0.1, 0.15) is 17.2 Å². The number of amides is 1. The molecule has 0 saturated carbocycles. The SMILES string of the molecule is CC(Oc1ccc(Oc2ccc(C(F)(F)F)cc2)cc1)C(=O)N1OCCC1C. The molecule has 1 amide bonds. The van der Waals surface area contributed by atoms with Gasteiger partial charge in [0.25, 0.3) is 5.91 Å². The van der Waals surface area contributed by atoms with Crippen molar-refractivity contribution in [3.05, 3.63) is 54.1 Å². The Morgan fingerprint density at radius 1 is 1.07 bits per heavy atom. The number of rotatable bonds is 5. The molecule has 3 rings (SSSR count). The van der Waals surface area contributed by atoms with E-state index in [1.54, 1.807) is 31.2 Å². The third-order valence-electron chi connectivity index (χ3n) is 4.29. The number of hydrogen-bond donors (Lipinski definition) is 0. The maximum atomic E-state index is 12.6. The highest BCUT2D eigenvalue weighted by atomic mass is 19.4. The molecule has 5 nitrogen and oxygen atoms in total. The van der Waals surface area contributed by atoms with Crippen molar-refractivity contribution in [1.29, 1.82) is 0 Å². The summed E-state index contributed by atoms with van der Waals surface area (Å²) in [6.07, 6.45) is -4.32. The summed E-state index contributed by atoms with van der Waals surface area (Å²) in [5.74, 6) is 0.926. The standard InChI is InChI=1S/C20H20F3NO4/c1-13-11-12-26-24(13)19(25)14(2)27-16-7-9-18(10-8-16)28-17-5-3-15(4-6-17)20(21,22)23/h3-10,13-14H,11-12H2,1-2H3. The van der Waals surface area contributed by atoms with Crippen molar-refractivity contribution in [2.45, 2.75) is 38.6 Å². The highest BCUT2D eigenvalue weighted by Crippen LogP contribution is 2.31. The first-order valence-corrected chi connectivity index (χ1v) is 8.82. The third-order valence-corrected chi connectivity index (χ3v) is 4.29. The van der Waals surface area contributed by atoms with Crippen molar-refractivity contribution in [3.63, 3.8) is 0 Å². The Balaban J connectivity index is 1.58. The number of alkyl halides is 3. The summed E-state index contributed by atoms with van der Waals surface area (Å²) in [4.78, 5) is 17.7. The number of carbonyl (C=O) groups is 1. The fourth-order valence-corrected chi connectivity index (χ4v) is 2.71. The van der Waals surface area contributed by atoms with Crippen LogP contribution in [-0.2, 0) is 15.8 Å². The van der Waals surface area contributed by atoms with Crippen LogP contribution in [-0.4, -0.2) is 29.7 Å². The topological polar surface area (TPSA) is 48.0 Å². The summed E-state index contributed by atoms with van der Waals surface area (Å²) in [5.41, 5.74) is -0.737. The van der Waals surface area contributed by atoms with Crippen LogP contribution in [0.5, 0.6) is 17.2 Å². The first kappa shape index (κ1) is 20.0. The zero-order valence-corrected chi connectivity index (χ0v) is 15.4. The lowest BCUT2D eigenvalue weighted by Gasteiger charge is -2.23. The molecule has 0 aliphatic carbocycles. The largest absolute Gasteiger partial charge is 0.481 e. The van der Waals surface area contributed by atoms with Gasteiger partial charge in [-0.2, -0.15) is 13.2 Å². The lowest BCUT2D eigenvalue weighted by Crippen LogP contribution is -2.41. The molecular weight excluding hydrogens is 375 g/mol. The summed E-state index contributed by atoms with van der Waals surface area (Å²) in [5, 5.41) is 1.34. The van der Waals surface area contributed by atoms with E-state index in [0.29, 0.717) is 18.1 Å². The summed E-state index contributed by atoms with van der Waals surface area (Å²) < 4.78 is 48.9. The van der Waals surface area contributed by atoms with E-state index in [-0.39, 0.29) is 17.7 Å².